The average molecular weight is 264 g/mol. The van der Waals surface area contributed by atoms with Gasteiger partial charge in [0.25, 0.3) is 0 Å². The van der Waals surface area contributed by atoms with Gasteiger partial charge in [0.2, 0.25) is 0 Å². The molecule has 2 saturated carbocycles. The molecule has 0 aromatic heterocycles. The minimum Gasteiger partial charge on any atom is -0.381 e. The van der Waals surface area contributed by atoms with Crippen molar-refractivity contribution in [3.63, 3.8) is 0 Å². The van der Waals surface area contributed by atoms with Gasteiger partial charge in [-0.25, -0.2) is 0 Å². The molecule has 2 saturated heterocycles. The van der Waals surface area contributed by atoms with Crippen LogP contribution in [-0.2, 0) is 4.74 Å². The monoisotopic (exact) mass is 264 g/mol. The fraction of sp³-hybridized carbons (Fsp3) is 1.00. The van der Waals surface area contributed by atoms with Crippen LogP contribution < -0.4 is 5.32 Å². The minimum absolute atomic E-state index is 0.394. The average Bonchev–Trinajstić information content (AvgIpc) is 3.29. The molecular weight excluding hydrogens is 236 g/mol. The fourth-order valence-corrected chi connectivity index (χ4v) is 4.26. The van der Waals surface area contributed by atoms with E-state index < -0.39 is 0 Å². The zero-order chi connectivity index (χ0) is 12.9. The van der Waals surface area contributed by atoms with E-state index in [0.29, 0.717) is 5.54 Å². The van der Waals surface area contributed by atoms with Crippen molar-refractivity contribution in [3.8, 4) is 0 Å². The van der Waals surface area contributed by atoms with Gasteiger partial charge < -0.3 is 10.1 Å². The molecule has 3 atom stereocenters. The summed E-state index contributed by atoms with van der Waals surface area (Å²) < 4.78 is 5.58. The third-order valence-corrected chi connectivity index (χ3v) is 5.88. The van der Waals surface area contributed by atoms with Crippen molar-refractivity contribution in [1.82, 2.24) is 10.2 Å². The van der Waals surface area contributed by atoms with Crippen LogP contribution in [0.1, 0.15) is 39.0 Å². The molecule has 1 N–H and O–H groups in total. The summed E-state index contributed by atoms with van der Waals surface area (Å²) in [6.07, 6.45) is 7.09. The SMILES string of the molecule is CC1(C2CC2)CN(CC2CCOC2)C(C2CC2)CN1. The van der Waals surface area contributed by atoms with Crippen molar-refractivity contribution in [2.24, 2.45) is 17.8 Å². The van der Waals surface area contributed by atoms with Crippen molar-refractivity contribution in [2.75, 3.05) is 32.8 Å². The summed E-state index contributed by atoms with van der Waals surface area (Å²) in [6, 6.07) is 0.812. The zero-order valence-corrected chi connectivity index (χ0v) is 12.2. The molecule has 3 nitrogen and oxygen atoms in total. The molecule has 0 aromatic rings. The fourth-order valence-electron chi connectivity index (χ4n) is 4.26. The smallest absolute Gasteiger partial charge is 0.0507 e. The lowest BCUT2D eigenvalue weighted by Crippen LogP contribution is -2.65. The lowest BCUT2D eigenvalue weighted by atomic mass is 9.89. The summed E-state index contributed by atoms with van der Waals surface area (Å²) in [5.74, 6) is 2.72. The number of nitrogens with zero attached hydrogens (tertiary/aromatic N) is 1. The molecule has 0 bridgehead atoms. The van der Waals surface area contributed by atoms with Crippen molar-refractivity contribution in [1.29, 1.82) is 0 Å². The molecule has 4 fully saturated rings. The van der Waals surface area contributed by atoms with E-state index in [-0.39, 0.29) is 0 Å². The number of hydrogen-bond acceptors (Lipinski definition) is 3. The number of ether oxygens (including phenoxy) is 1. The molecule has 0 aromatic carbocycles. The van der Waals surface area contributed by atoms with Gasteiger partial charge in [-0.1, -0.05) is 0 Å². The topological polar surface area (TPSA) is 24.5 Å². The van der Waals surface area contributed by atoms with Gasteiger partial charge in [-0.15, -0.1) is 0 Å². The molecule has 0 spiro atoms. The second-order valence-electron chi connectivity index (χ2n) is 7.64. The maximum Gasteiger partial charge on any atom is 0.0507 e. The molecule has 0 radical (unpaired) electrons. The van der Waals surface area contributed by atoms with Gasteiger partial charge in [0.05, 0.1) is 6.61 Å². The summed E-state index contributed by atoms with van der Waals surface area (Å²) in [5, 5.41) is 3.91. The van der Waals surface area contributed by atoms with E-state index in [1.54, 1.807) is 0 Å². The van der Waals surface area contributed by atoms with E-state index in [4.69, 9.17) is 4.74 Å². The molecule has 3 heteroatoms. The first-order valence-electron chi connectivity index (χ1n) is 8.31. The van der Waals surface area contributed by atoms with Crippen LogP contribution in [0, 0.1) is 17.8 Å². The van der Waals surface area contributed by atoms with Crippen molar-refractivity contribution in [2.45, 2.75) is 50.6 Å². The Balaban J connectivity index is 1.45. The van der Waals surface area contributed by atoms with E-state index in [1.165, 1.54) is 51.7 Å². The van der Waals surface area contributed by atoms with Gasteiger partial charge >= 0.3 is 0 Å². The van der Waals surface area contributed by atoms with Crippen molar-refractivity contribution in [3.05, 3.63) is 0 Å². The Labute approximate surface area is 117 Å². The van der Waals surface area contributed by atoms with Crippen LogP contribution in [0.15, 0.2) is 0 Å². The lowest BCUT2D eigenvalue weighted by Gasteiger charge is -2.47. The highest BCUT2D eigenvalue weighted by atomic mass is 16.5. The van der Waals surface area contributed by atoms with Crippen LogP contribution in [0.3, 0.4) is 0 Å². The second-order valence-corrected chi connectivity index (χ2v) is 7.64. The predicted molar refractivity (Wildman–Crippen MR) is 76.1 cm³/mol. The molecule has 2 heterocycles. The van der Waals surface area contributed by atoms with Crippen LogP contribution in [0.4, 0.5) is 0 Å². The molecule has 2 aliphatic carbocycles. The summed E-state index contributed by atoms with van der Waals surface area (Å²) in [5.41, 5.74) is 0.394. The van der Waals surface area contributed by atoms with Crippen LogP contribution in [-0.4, -0.2) is 49.3 Å². The summed E-state index contributed by atoms with van der Waals surface area (Å²) in [4.78, 5) is 2.84. The largest absolute Gasteiger partial charge is 0.381 e. The maximum atomic E-state index is 5.58. The Hall–Kier alpha value is -0.120. The quantitative estimate of drug-likeness (QED) is 0.839. The molecule has 2 aliphatic heterocycles. The maximum absolute atomic E-state index is 5.58. The molecule has 3 unspecified atom stereocenters. The Bertz CT molecular complexity index is 334. The van der Waals surface area contributed by atoms with E-state index in [2.05, 4.69) is 17.1 Å². The number of rotatable bonds is 4. The van der Waals surface area contributed by atoms with E-state index >= 15 is 0 Å². The van der Waals surface area contributed by atoms with Gasteiger partial charge in [-0.2, -0.15) is 0 Å². The predicted octanol–water partition coefficient (Wildman–Crippen LogP) is 1.88. The summed E-state index contributed by atoms with van der Waals surface area (Å²) in [7, 11) is 0. The number of nitrogens with one attached hydrogen (secondary N) is 1. The van der Waals surface area contributed by atoms with Crippen LogP contribution >= 0.6 is 0 Å². The van der Waals surface area contributed by atoms with Gasteiger partial charge in [-0.05, 0) is 56.8 Å². The van der Waals surface area contributed by atoms with Gasteiger partial charge in [-0.3, -0.25) is 4.90 Å². The zero-order valence-electron chi connectivity index (χ0n) is 12.2. The van der Waals surface area contributed by atoms with Gasteiger partial charge in [0.1, 0.15) is 0 Å². The first-order valence-corrected chi connectivity index (χ1v) is 8.31. The molecular formula is C16H28N2O. The third-order valence-electron chi connectivity index (χ3n) is 5.88. The molecule has 19 heavy (non-hydrogen) atoms. The third kappa shape index (κ3) is 2.57. The Kier molecular flexibility index (Phi) is 3.13. The molecule has 4 rings (SSSR count). The Morgan fingerprint density at radius 2 is 2.05 bits per heavy atom. The van der Waals surface area contributed by atoms with E-state index in [0.717, 1.165) is 37.0 Å². The van der Waals surface area contributed by atoms with Crippen LogP contribution in [0.25, 0.3) is 0 Å². The van der Waals surface area contributed by atoms with Gasteiger partial charge in [0, 0.05) is 37.8 Å². The van der Waals surface area contributed by atoms with Crippen molar-refractivity contribution < 1.29 is 4.74 Å². The first kappa shape index (κ1) is 12.6. The molecule has 0 amide bonds. The molecule has 108 valence electrons. The second kappa shape index (κ2) is 4.71. The van der Waals surface area contributed by atoms with Crippen LogP contribution in [0.2, 0.25) is 0 Å². The standard InChI is InChI=1S/C16H28N2O/c1-16(14-4-5-14)11-18(9-12-6-7-19-10-12)15(8-17-16)13-2-3-13/h12-15,17H,2-11H2,1H3. The first-order chi connectivity index (χ1) is 9.24. The minimum atomic E-state index is 0.394. The van der Waals surface area contributed by atoms with E-state index in [1.807, 2.05) is 0 Å². The Morgan fingerprint density at radius 1 is 1.21 bits per heavy atom. The van der Waals surface area contributed by atoms with Crippen LogP contribution in [0.5, 0.6) is 0 Å². The summed E-state index contributed by atoms with van der Waals surface area (Å²) in [6.45, 7) is 8.24. The van der Waals surface area contributed by atoms with Crippen molar-refractivity contribution >= 4 is 0 Å². The number of piperazine rings is 1. The van der Waals surface area contributed by atoms with E-state index in [9.17, 15) is 0 Å². The normalized spacial score (nSPS) is 44.7. The molecule has 4 aliphatic rings. The lowest BCUT2D eigenvalue weighted by molar-refractivity contribution is 0.0486. The highest BCUT2D eigenvalue weighted by Gasteiger charge is 2.48. The highest BCUT2D eigenvalue weighted by Crippen LogP contribution is 2.44. The van der Waals surface area contributed by atoms with Gasteiger partial charge in [0.15, 0.2) is 0 Å². The Morgan fingerprint density at radius 3 is 2.68 bits per heavy atom. The number of hydrogen-bond donors (Lipinski definition) is 1. The summed E-state index contributed by atoms with van der Waals surface area (Å²) >= 11 is 0. The highest BCUT2D eigenvalue weighted by molar-refractivity contribution is 5.06.